The maximum atomic E-state index is 10.8. The predicted octanol–water partition coefficient (Wildman–Crippen LogP) is -3.40. The number of hydrogen-bond acceptors (Lipinski definition) is 8. The summed E-state index contributed by atoms with van der Waals surface area (Å²) in [6.07, 6.45) is 0. The summed E-state index contributed by atoms with van der Waals surface area (Å²) in [5, 5.41) is 28.6. The summed E-state index contributed by atoms with van der Waals surface area (Å²) in [6, 6.07) is 10.2. The Balaban J connectivity index is 0.000000466. The van der Waals surface area contributed by atoms with Gasteiger partial charge in [0.25, 0.3) is 0 Å². The average Bonchev–Trinajstić information content (AvgIpc) is 2.53. The third-order valence-corrected chi connectivity index (χ3v) is 5.65. The van der Waals surface area contributed by atoms with Crippen LogP contribution in [0.25, 0.3) is 0 Å². The van der Waals surface area contributed by atoms with Crippen molar-refractivity contribution in [2.75, 3.05) is 11.1 Å². The van der Waals surface area contributed by atoms with Gasteiger partial charge in [-0.1, -0.05) is 0 Å². The van der Waals surface area contributed by atoms with Gasteiger partial charge in [-0.25, -0.2) is 13.6 Å². The van der Waals surface area contributed by atoms with Crippen molar-refractivity contribution in [2.45, 2.75) is 4.90 Å². The van der Waals surface area contributed by atoms with Crippen molar-refractivity contribution < 1.29 is 40.2 Å². The molecule has 0 heterocycles. The van der Waals surface area contributed by atoms with Crippen molar-refractivity contribution in [1.29, 1.82) is 0 Å². The fourth-order valence-electron chi connectivity index (χ4n) is 1.54. The number of hydrogen-bond donors (Lipinski definition) is 9. The van der Waals surface area contributed by atoms with Gasteiger partial charge in [-0.15, -0.1) is 0 Å². The van der Waals surface area contributed by atoms with Crippen LogP contribution in [0, 0.1) is 0 Å². The van der Waals surface area contributed by atoms with E-state index in [2.05, 4.69) is 5.32 Å². The number of urea groups is 1. The fraction of sp³-hybridized carbons (Fsp3) is 0. The quantitative estimate of drug-likeness (QED) is 0.151. The number of anilines is 2. The zero-order valence-electron chi connectivity index (χ0n) is 14.7. The molecule has 0 saturated carbocycles. The maximum Gasteiger partial charge on any atom is 0.631 e. The molecular formula is C13H20AsBN4O9S. The standard InChI is InChI=1S/C7H9AsN2O4.C6H8N2O2S.BH3O3/c9-7(11)10-6-3-1-5(2-4-6)8(12,13)14;7-5-1-3-6(4-2-5)11(8,9)10;2-1(3)4/h1-4H,(H3,9,10,11)(H2,12,13,14);1-4H,7H2,(H2,8,9,10);2-4H. The zero-order chi connectivity index (χ0) is 22.8. The normalized spacial score (nSPS) is 10.6. The second-order valence-electron chi connectivity index (χ2n) is 5.04. The number of benzene rings is 2. The number of primary amides is 1. The number of rotatable bonds is 3. The maximum absolute atomic E-state index is 10.8. The third-order valence-electron chi connectivity index (χ3n) is 2.68. The van der Waals surface area contributed by atoms with Crippen molar-refractivity contribution in [3.63, 3.8) is 0 Å². The van der Waals surface area contributed by atoms with E-state index in [0.717, 1.165) is 0 Å². The zero-order valence-corrected chi connectivity index (χ0v) is 17.3. The molecule has 0 bridgehead atoms. The summed E-state index contributed by atoms with van der Waals surface area (Å²) in [5.74, 6) is 0. The van der Waals surface area contributed by atoms with Gasteiger partial charge in [0, 0.05) is 5.69 Å². The van der Waals surface area contributed by atoms with Gasteiger partial charge in [-0.3, -0.25) is 0 Å². The summed E-state index contributed by atoms with van der Waals surface area (Å²) in [6.45, 7) is 0. The number of carbonyl (C=O) groups is 1. The molecule has 29 heavy (non-hydrogen) atoms. The van der Waals surface area contributed by atoms with Gasteiger partial charge in [0.2, 0.25) is 10.0 Å². The summed E-state index contributed by atoms with van der Waals surface area (Å²) < 4.78 is 49.8. The molecule has 0 atom stereocenters. The number of carbonyl (C=O) groups excluding carboxylic acids is 1. The number of sulfonamides is 1. The van der Waals surface area contributed by atoms with E-state index >= 15 is 0 Å². The smallest absolute Gasteiger partial charge is 0.402 e. The van der Waals surface area contributed by atoms with Crippen LogP contribution in [0.15, 0.2) is 53.4 Å². The Bertz CT molecular complexity index is 931. The van der Waals surface area contributed by atoms with E-state index in [1.165, 1.54) is 48.5 Å². The second-order valence-corrected chi connectivity index (χ2v) is 9.97. The van der Waals surface area contributed by atoms with Crippen molar-refractivity contribution in [1.82, 2.24) is 0 Å². The number of nitrogen functional groups attached to an aromatic ring is 1. The summed E-state index contributed by atoms with van der Waals surface area (Å²) in [7, 11) is -5.74. The minimum absolute atomic E-state index is 0.0434. The first-order valence-corrected chi connectivity index (χ1v) is 12.2. The first-order chi connectivity index (χ1) is 13.1. The Morgan fingerprint density at radius 2 is 1.38 bits per heavy atom. The number of primary sulfonamides is 1. The Labute approximate surface area is 169 Å². The molecule has 0 aliphatic carbocycles. The molecule has 0 radical (unpaired) electrons. The first-order valence-electron chi connectivity index (χ1n) is 7.28. The van der Waals surface area contributed by atoms with Crippen LogP contribution in [-0.4, -0.2) is 59.2 Å². The van der Waals surface area contributed by atoms with Crippen LogP contribution < -0.4 is 26.3 Å². The monoisotopic (exact) mass is 494 g/mol. The molecule has 160 valence electrons. The molecule has 13 nitrogen and oxygen atoms in total. The molecule has 0 spiro atoms. The van der Waals surface area contributed by atoms with Crippen LogP contribution in [0.4, 0.5) is 16.2 Å². The number of nitrogens with two attached hydrogens (primary N) is 3. The van der Waals surface area contributed by atoms with E-state index in [9.17, 15) is 17.0 Å². The SMILES string of the molecule is NC(=O)Nc1ccc([As](=O)(O)O)cc1.Nc1ccc(S(N)(=O)=O)cc1.OB(O)O. The Hall–Kier alpha value is -2.36. The van der Waals surface area contributed by atoms with E-state index in [1.807, 2.05) is 0 Å². The van der Waals surface area contributed by atoms with Gasteiger partial charge in [0.05, 0.1) is 4.90 Å². The Kier molecular flexibility index (Phi) is 10.7. The molecular weight excluding hydrogens is 474 g/mol. The first kappa shape index (κ1) is 26.6. The van der Waals surface area contributed by atoms with Crippen LogP contribution in [0.1, 0.15) is 0 Å². The van der Waals surface area contributed by atoms with Crippen LogP contribution in [0.5, 0.6) is 0 Å². The summed E-state index contributed by atoms with van der Waals surface area (Å²) in [5.41, 5.74) is 11.1. The van der Waals surface area contributed by atoms with Crippen LogP contribution in [-0.2, 0) is 13.8 Å². The van der Waals surface area contributed by atoms with Crippen molar-refractivity contribution in [2.24, 2.45) is 10.9 Å². The van der Waals surface area contributed by atoms with Crippen molar-refractivity contribution >= 4 is 53.3 Å². The molecule has 2 aromatic carbocycles. The topological polar surface area (TPSA) is 260 Å². The molecule has 2 aromatic rings. The molecule has 0 aliphatic heterocycles. The van der Waals surface area contributed by atoms with Gasteiger partial charge in [-0.05, 0) is 24.3 Å². The number of nitrogens with one attached hydrogen (secondary N) is 1. The molecule has 0 aromatic heterocycles. The molecule has 16 heteroatoms. The van der Waals surface area contributed by atoms with Crippen LogP contribution in [0.3, 0.4) is 0 Å². The van der Waals surface area contributed by atoms with Gasteiger partial charge in [0.15, 0.2) is 0 Å². The largest absolute Gasteiger partial charge is 0.631 e. The van der Waals surface area contributed by atoms with Gasteiger partial charge in [0.1, 0.15) is 0 Å². The van der Waals surface area contributed by atoms with Crippen LogP contribution in [0.2, 0.25) is 0 Å². The van der Waals surface area contributed by atoms with Crippen molar-refractivity contribution in [3.05, 3.63) is 48.5 Å². The summed E-state index contributed by atoms with van der Waals surface area (Å²) >= 11 is -4.82. The molecule has 2 amide bonds. The van der Waals surface area contributed by atoms with E-state index in [1.54, 1.807) is 0 Å². The van der Waals surface area contributed by atoms with Crippen molar-refractivity contribution in [3.8, 4) is 0 Å². The van der Waals surface area contributed by atoms with Gasteiger partial charge in [-0.2, -0.15) is 0 Å². The van der Waals surface area contributed by atoms with E-state index in [4.69, 9.17) is 39.9 Å². The van der Waals surface area contributed by atoms with Crippen LogP contribution >= 0.6 is 0 Å². The van der Waals surface area contributed by atoms with E-state index in [-0.39, 0.29) is 9.25 Å². The second kappa shape index (κ2) is 11.6. The minimum atomic E-state index is -4.82. The average molecular weight is 494 g/mol. The molecule has 0 unspecified atom stereocenters. The molecule has 12 N–H and O–H groups in total. The van der Waals surface area contributed by atoms with Gasteiger partial charge < -0.3 is 20.8 Å². The molecule has 0 aliphatic rings. The minimum Gasteiger partial charge on any atom is -0.402 e. The molecule has 2 rings (SSSR count). The Morgan fingerprint density at radius 3 is 1.69 bits per heavy atom. The summed E-state index contributed by atoms with van der Waals surface area (Å²) in [4.78, 5) is 10.5. The molecule has 0 saturated heterocycles. The number of amides is 2. The fourth-order valence-corrected chi connectivity index (χ4v) is 3.18. The predicted molar refractivity (Wildman–Crippen MR) is 105 cm³/mol. The third kappa shape index (κ3) is 12.7. The Morgan fingerprint density at radius 1 is 0.966 bits per heavy atom. The van der Waals surface area contributed by atoms with E-state index < -0.39 is 37.5 Å². The van der Waals surface area contributed by atoms with E-state index in [0.29, 0.717) is 11.4 Å². The molecule has 0 fully saturated rings. The van der Waals surface area contributed by atoms with Gasteiger partial charge >= 0.3 is 89.6 Å².